The van der Waals surface area contributed by atoms with Gasteiger partial charge in [-0.15, -0.1) is 0 Å². The quantitative estimate of drug-likeness (QED) is 0.745. The molecule has 0 heterocycles. The van der Waals surface area contributed by atoms with Crippen molar-refractivity contribution in [3.8, 4) is 6.07 Å². The van der Waals surface area contributed by atoms with Gasteiger partial charge in [0.1, 0.15) is 6.61 Å². The molecule has 0 saturated heterocycles. The van der Waals surface area contributed by atoms with Crippen molar-refractivity contribution in [3.63, 3.8) is 0 Å². The first-order chi connectivity index (χ1) is 8.18. The summed E-state index contributed by atoms with van der Waals surface area (Å²) in [6, 6.07) is 11.9. The summed E-state index contributed by atoms with van der Waals surface area (Å²) in [6.45, 7) is 0.334. The molecule has 4 rings (SSSR count). The normalized spacial score (nSPS) is 32.9. The molecule has 0 amide bonds. The van der Waals surface area contributed by atoms with Crippen LogP contribution in [0.5, 0.6) is 0 Å². The Balaban J connectivity index is 1.55. The highest BCUT2D eigenvalue weighted by Crippen LogP contribution is 2.73. The Bertz CT molecular complexity index is 481. The zero-order chi connectivity index (χ0) is 11.9. The second-order valence-corrected chi connectivity index (χ2v) is 5.26. The van der Waals surface area contributed by atoms with Crippen LogP contribution >= 0.6 is 0 Å². The van der Waals surface area contributed by atoms with E-state index < -0.39 is 0 Å². The van der Waals surface area contributed by atoms with Crippen LogP contribution in [-0.2, 0) is 16.1 Å². The molecule has 2 bridgehead atoms. The third kappa shape index (κ3) is 1.44. The lowest BCUT2D eigenvalue weighted by atomic mass is 9.36. The van der Waals surface area contributed by atoms with Crippen LogP contribution in [0.4, 0.5) is 0 Å². The van der Waals surface area contributed by atoms with Gasteiger partial charge >= 0.3 is 5.97 Å². The Kier molecular flexibility index (Phi) is 2.03. The van der Waals surface area contributed by atoms with Crippen LogP contribution in [0.2, 0.25) is 0 Å². The van der Waals surface area contributed by atoms with E-state index in [0.717, 1.165) is 5.56 Å². The van der Waals surface area contributed by atoms with E-state index in [0.29, 0.717) is 25.9 Å². The molecule has 3 heteroatoms. The van der Waals surface area contributed by atoms with E-state index in [2.05, 4.69) is 6.07 Å². The van der Waals surface area contributed by atoms with Gasteiger partial charge < -0.3 is 4.74 Å². The molecule has 0 aromatic heterocycles. The molecule has 0 N–H and O–H groups in total. The lowest BCUT2D eigenvalue weighted by molar-refractivity contribution is -0.210. The third-order valence-electron chi connectivity index (χ3n) is 3.91. The van der Waals surface area contributed by atoms with Gasteiger partial charge in [-0.3, -0.25) is 4.79 Å². The van der Waals surface area contributed by atoms with Gasteiger partial charge in [-0.05, 0) is 24.8 Å². The molecule has 1 aromatic rings. The van der Waals surface area contributed by atoms with Crippen molar-refractivity contribution in [1.82, 2.24) is 0 Å². The summed E-state index contributed by atoms with van der Waals surface area (Å²) < 4.78 is 5.31. The molecule has 0 radical (unpaired) electrons. The lowest BCUT2D eigenvalue weighted by Crippen LogP contribution is -2.65. The maximum absolute atomic E-state index is 11.9. The van der Waals surface area contributed by atoms with Gasteiger partial charge in [0, 0.05) is 0 Å². The highest BCUT2D eigenvalue weighted by molar-refractivity contribution is 5.81. The zero-order valence-corrected chi connectivity index (χ0v) is 9.48. The minimum atomic E-state index is -0.315. The minimum absolute atomic E-state index is 0.126. The summed E-state index contributed by atoms with van der Waals surface area (Å²) in [7, 11) is 0. The summed E-state index contributed by atoms with van der Waals surface area (Å²) in [4.78, 5) is 11.9. The highest BCUT2D eigenvalue weighted by atomic mass is 16.5. The fourth-order valence-corrected chi connectivity index (χ4v) is 3.00. The highest BCUT2D eigenvalue weighted by Gasteiger charge is 2.73. The van der Waals surface area contributed by atoms with Gasteiger partial charge in [0.15, 0.2) is 0 Å². The van der Waals surface area contributed by atoms with Crippen molar-refractivity contribution in [3.05, 3.63) is 35.9 Å². The molecule has 0 aliphatic heterocycles. The first-order valence-corrected chi connectivity index (χ1v) is 5.81. The van der Waals surface area contributed by atoms with E-state index in [1.165, 1.54) is 0 Å². The van der Waals surface area contributed by atoms with Crippen molar-refractivity contribution in [2.75, 3.05) is 0 Å². The van der Waals surface area contributed by atoms with E-state index in [1.54, 1.807) is 0 Å². The second kappa shape index (κ2) is 3.33. The molecule has 1 aromatic carbocycles. The number of hydrogen-bond acceptors (Lipinski definition) is 3. The average Bonchev–Trinajstić information content (AvgIpc) is 2.25. The van der Waals surface area contributed by atoms with E-state index in [4.69, 9.17) is 10.00 Å². The number of nitrogens with zero attached hydrogens (tertiary/aromatic N) is 1. The van der Waals surface area contributed by atoms with Crippen molar-refractivity contribution in [2.45, 2.75) is 25.9 Å². The molecule has 0 unspecified atom stereocenters. The molecule has 3 aliphatic carbocycles. The van der Waals surface area contributed by atoms with Crippen LogP contribution in [0.15, 0.2) is 30.3 Å². The van der Waals surface area contributed by atoms with Crippen molar-refractivity contribution >= 4 is 5.97 Å². The van der Waals surface area contributed by atoms with Gasteiger partial charge in [-0.25, -0.2) is 0 Å². The summed E-state index contributed by atoms with van der Waals surface area (Å²) in [6.07, 6.45) is 2.10. The van der Waals surface area contributed by atoms with Crippen LogP contribution in [-0.4, -0.2) is 5.97 Å². The third-order valence-corrected chi connectivity index (χ3v) is 3.91. The van der Waals surface area contributed by atoms with E-state index in [9.17, 15) is 4.79 Å². The van der Waals surface area contributed by atoms with Gasteiger partial charge in [-0.1, -0.05) is 30.3 Å². The van der Waals surface area contributed by atoms with Gasteiger partial charge in [-0.2, -0.15) is 5.26 Å². The van der Waals surface area contributed by atoms with Gasteiger partial charge in [0.05, 0.1) is 16.9 Å². The topological polar surface area (TPSA) is 50.1 Å². The smallest absolute Gasteiger partial charge is 0.312 e. The number of rotatable bonds is 3. The number of nitriles is 1. The Morgan fingerprint density at radius 2 is 1.94 bits per heavy atom. The summed E-state index contributed by atoms with van der Waals surface area (Å²) in [5, 5.41) is 8.89. The number of carbonyl (C=O) groups is 1. The molecule has 3 aliphatic rings. The fraction of sp³-hybridized carbons (Fsp3) is 0.429. The van der Waals surface area contributed by atoms with Crippen molar-refractivity contribution in [1.29, 1.82) is 5.26 Å². The molecule has 86 valence electrons. The molecular weight excluding hydrogens is 214 g/mol. The lowest BCUT2D eigenvalue weighted by Gasteiger charge is -2.64. The predicted octanol–water partition coefficient (Wildman–Crippen LogP) is 2.42. The average molecular weight is 227 g/mol. The number of carbonyl (C=O) groups excluding carboxylic acids is 1. The summed E-state index contributed by atoms with van der Waals surface area (Å²) in [5.41, 5.74) is 0.499. The predicted molar refractivity (Wildman–Crippen MR) is 60.6 cm³/mol. The monoisotopic (exact) mass is 227 g/mol. The number of ether oxygens (including phenoxy) is 1. The molecule has 3 saturated carbocycles. The molecule has 0 atom stereocenters. The van der Waals surface area contributed by atoms with Crippen molar-refractivity contribution in [2.24, 2.45) is 10.8 Å². The fourth-order valence-electron chi connectivity index (χ4n) is 3.00. The summed E-state index contributed by atoms with van der Waals surface area (Å²) in [5.74, 6) is -0.126. The molecule has 0 spiro atoms. The largest absolute Gasteiger partial charge is 0.460 e. The maximum atomic E-state index is 11.9. The van der Waals surface area contributed by atoms with Crippen LogP contribution in [0, 0.1) is 22.2 Å². The van der Waals surface area contributed by atoms with Crippen molar-refractivity contribution < 1.29 is 9.53 Å². The maximum Gasteiger partial charge on any atom is 0.312 e. The Morgan fingerprint density at radius 3 is 2.53 bits per heavy atom. The Labute approximate surface area is 100 Å². The van der Waals surface area contributed by atoms with E-state index in [-0.39, 0.29) is 16.8 Å². The molecule has 3 nitrogen and oxygen atoms in total. The summed E-state index contributed by atoms with van der Waals surface area (Å²) >= 11 is 0. The zero-order valence-electron chi connectivity index (χ0n) is 9.48. The van der Waals surface area contributed by atoms with Crippen LogP contribution in [0.25, 0.3) is 0 Å². The molecule has 17 heavy (non-hydrogen) atoms. The van der Waals surface area contributed by atoms with Crippen LogP contribution in [0.3, 0.4) is 0 Å². The minimum Gasteiger partial charge on any atom is -0.460 e. The van der Waals surface area contributed by atoms with Crippen LogP contribution in [0.1, 0.15) is 24.8 Å². The number of benzene rings is 1. The van der Waals surface area contributed by atoms with E-state index in [1.807, 2.05) is 30.3 Å². The molecular formula is C14H13NO2. The SMILES string of the molecule is N#CC12CC(C(=O)OCc3ccccc3)(C1)C2. The Hall–Kier alpha value is -1.82. The van der Waals surface area contributed by atoms with Gasteiger partial charge in [0.25, 0.3) is 0 Å². The second-order valence-electron chi connectivity index (χ2n) is 5.26. The van der Waals surface area contributed by atoms with Gasteiger partial charge in [0.2, 0.25) is 0 Å². The molecule has 3 fully saturated rings. The van der Waals surface area contributed by atoms with E-state index >= 15 is 0 Å². The first kappa shape index (κ1) is 10.3. The Morgan fingerprint density at radius 1 is 1.29 bits per heavy atom. The van der Waals surface area contributed by atoms with Crippen LogP contribution < -0.4 is 0 Å². The number of hydrogen-bond donors (Lipinski definition) is 0. The number of esters is 1. The first-order valence-electron chi connectivity index (χ1n) is 5.81. The standard InChI is InChI=1S/C14H13NO2/c15-10-13-7-14(8-13,9-13)12(16)17-6-11-4-2-1-3-5-11/h1-5H,6-9H2.